The Bertz CT molecular complexity index is 223. The van der Waals surface area contributed by atoms with Crippen LogP contribution in [0, 0.1) is 0 Å². The average molecular weight is 149 g/mol. The summed E-state index contributed by atoms with van der Waals surface area (Å²) in [5.74, 6) is 0. The van der Waals surface area contributed by atoms with Gasteiger partial charge >= 0.3 is 7.12 Å². The van der Waals surface area contributed by atoms with Crippen LogP contribution < -0.4 is 5.46 Å². The van der Waals surface area contributed by atoms with E-state index in [2.05, 4.69) is 4.98 Å². The molecule has 11 heavy (non-hydrogen) atoms. The summed E-state index contributed by atoms with van der Waals surface area (Å²) >= 11 is 0. The lowest BCUT2D eigenvalue weighted by molar-refractivity contribution is 0.365. The molecule has 1 fully saturated rings. The summed E-state index contributed by atoms with van der Waals surface area (Å²) in [6, 6.07) is 3.80. The van der Waals surface area contributed by atoms with Crippen molar-refractivity contribution >= 4 is 12.6 Å². The first-order valence-corrected chi connectivity index (χ1v) is 3.60. The highest BCUT2D eigenvalue weighted by molar-refractivity contribution is 6.61. The lowest BCUT2D eigenvalue weighted by atomic mass is 9.80. The Balaban J connectivity index is 2.16. The molecular weight excluding hydrogens is 141 g/mol. The molecule has 0 aliphatic carbocycles. The van der Waals surface area contributed by atoms with Crippen molar-refractivity contribution in [2.45, 2.75) is 0 Å². The molecule has 2 rings (SSSR count). The first-order chi connectivity index (χ1) is 5.47. The number of hydrogen-bond acceptors (Lipinski definition) is 3. The van der Waals surface area contributed by atoms with E-state index in [0.29, 0.717) is 13.2 Å². The van der Waals surface area contributed by atoms with Crippen molar-refractivity contribution in [2.75, 3.05) is 13.2 Å². The Kier molecular flexibility index (Phi) is 1.88. The van der Waals surface area contributed by atoms with E-state index in [-0.39, 0.29) is 7.12 Å². The van der Waals surface area contributed by atoms with Crippen LogP contribution in [-0.4, -0.2) is 25.3 Å². The minimum absolute atomic E-state index is 0.169. The molecule has 3 nitrogen and oxygen atoms in total. The molecule has 4 heteroatoms. The van der Waals surface area contributed by atoms with Gasteiger partial charge in [-0.3, -0.25) is 4.98 Å². The zero-order chi connectivity index (χ0) is 7.52. The topological polar surface area (TPSA) is 31.4 Å². The highest BCUT2D eigenvalue weighted by Crippen LogP contribution is 1.98. The van der Waals surface area contributed by atoms with Gasteiger partial charge in [0.15, 0.2) is 0 Å². The molecule has 0 saturated carbocycles. The predicted octanol–water partition coefficient (Wildman–Crippen LogP) is -0.176. The van der Waals surface area contributed by atoms with Gasteiger partial charge in [-0.25, -0.2) is 0 Å². The quantitative estimate of drug-likeness (QED) is 0.519. The van der Waals surface area contributed by atoms with Gasteiger partial charge < -0.3 is 9.31 Å². The molecule has 56 valence electrons. The molecule has 1 saturated heterocycles. The molecule has 0 bridgehead atoms. The largest absolute Gasteiger partial charge is 0.494 e. The van der Waals surface area contributed by atoms with Gasteiger partial charge in [0.1, 0.15) is 0 Å². The lowest BCUT2D eigenvalue weighted by Gasteiger charge is -2.01. The van der Waals surface area contributed by atoms with Crippen LogP contribution in [0.5, 0.6) is 0 Å². The van der Waals surface area contributed by atoms with E-state index >= 15 is 0 Å². The molecule has 0 N–H and O–H groups in total. The van der Waals surface area contributed by atoms with Gasteiger partial charge in [0, 0.05) is 12.4 Å². The molecule has 0 amide bonds. The maximum Gasteiger partial charge on any atom is 0.494 e. The summed E-state index contributed by atoms with van der Waals surface area (Å²) in [7, 11) is -0.169. The van der Waals surface area contributed by atoms with Gasteiger partial charge in [-0.15, -0.1) is 0 Å². The van der Waals surface area contributed by atoms with Crippen molar-refractivity contribution in [3.8, 4) is 0 Å². The molecule has 2 heterocycles. The molecule has 0 aromatic carbocycles. The van der Waals surface area contributed by atoms with Gasteiger partial charge in [-0.05, 0) is 17.6 Å². The molecule has 1 aromatic rings. The number of nitrogens with zero attached hydrogens (tertiary/aromatic N) is 1. The Hall–Kier alpha value is -0.865. The number of aromatic nitrogens is 1. The van der Waals surface area contributed by atoms with E-state index in [9.17, 15) is 0 Å². The van der Waals surface area contributed by atoms with Gasteiger partial charge in [0.2, 0.25) is 0 Å². The molecule has 1 aliphatic rings. The van der Waals surface area contributed by atoms with E-state index in [1.807, 2.05) is 12.1 Å². The van der Waals surface area contributed by atoms with Crippen LogP contribution in [0.4, 0.5) is 0 Å². The number of hydrogen-bond donors (Lipinski definition) is 0. The van der Waals surface area contributed by atoms with Crippen molar-refractivity contribution in [3.05, 3.63) is 24.5 Å². The lowest BCUT2D eigenvalue weighted by Crippen LogP contribution is -2.31. The van der Waals surface area contributed by atoms with E-state index in [0.717, 1.165) is 5.46 Å². The summed E-state index contributed by atoms with van der Waals surface area (Å²) in [4.78, 5) is 3.91. The second-order valence-electron chi connectivity index (χ2n) is 2.35. The zero-order valence-electron chi connectivity index (χ0n) is 6.06. The van der Waals surface area contributed by atoms with Gasteiger partial charge in [0.25, 0.3) is 0 Å². The first-order valence-electron chi connectivity index (χ1n) is 3.60. The van der Waals surface area contributed by atoms with Crippen molar-refractivity contribution in [2.24, 2.45) is 0 Å². The van der Waals surface area contributed by atoms with Crippen molar-refractivity contribution in [3.63, 3.8) is 0 Å². The Morgan fingerprint density at radius 1 is 1.18 bits per heavy atom. The normalized spacial score (nSPS) is 17.3. The molecule has 1 aliphatic heterocycles. The zero-order valence-corrected chi connectivity index (χ0v) is 6.06. The monoisotopic (exact) mass is 149 g/mol. The van der Waals surface area contributed by atoms with E-state index in [1.54, 1.807) is 12.4 Å². The fraction of sp³-hybridized carbons (Fsp3) is 0.286. The van der Waals surface area contributed by atoms with Crippen molar-refractivity contribution in [1.29, 1.82) is 0 Å². The van der Waals surface area contributed by atoms with Crippen LogP contribution in [-0.2, 0) is 9.31 Å². The third-order valence-corrected chi connectivity index (χ3v) is 1.60. The Morgan fingerprint density at radius 2 is 1.82 bits per heavy atom. The minimum Gasteiger partial charge on any atom is -0.405 e. The summed E-state index contributed by atoms with van der Waals surface area (Å²) in [6.07, 6.45) is 3.47. The third kappa shape index (κ3) is 1.41. The average Bonchev–Trinajstić information content (AvgIpc) is 2.58. The Labute approximate surface area is 65.5 Å². The van der Waals surface area contributed by atoms with Gasteiger partial charge in [-0.1, -0.05) is 0 Å². The maximum atomic E-state index is 5.29. The van der Waals surface area contributed by atoms with Gasteiger partial charge in [-0.2, -0.15) is 0 Å². The smallest absolute Gasteiger partial charge is 0.405 e. The van der Waals surface area contributed by atoms with Crippen LogP contribution in [0.25, 0.3) is 0 Å². The molecular formula is C7H8BNO2. The van der Waals surface area contributed by atoms with E-state index in [4.69, 9.17) is 9.31 Å². The first kappa shape index (κ1) is 6.82. The van der Waals surface area contributed by atoms with Crippen LogP contribution in [0.15, 0.2) is 24.5 Å². The van der Waals surface area contributed by atoms with Crippen LogP contribution in [0.3, 0.4) is 0 Å². The molecule has 0 unspecified atom stereocenters. The maximum absolute atomic E-state index is 5.29. The molecule has 1 aromatic heterocycles. The van der Waals surface area contributed by atoms with E-state index < -0.39 is 0 Å². The summed E-state index contributed by atoms with van der Waals surface area (Å²) < 4.78 is 10.6. The fourth-order valence-electron chi connectivity index (χ4n) is 1.07. The van der Waals surface area contributed by atoms with Crippen LogP contribution >= 0.6 is 0 Å². The van der Waals surface area contributed by atoms with E-state index in [1.165, 1.54) is 0 Å². The van der Waals surface area contributed by atoms with Crippen LogP contribution in [0.1, 0.15) is 0 Å². The predicted molar refractivity (Wildman–Crippen MR) is 41.5 cm³/mol. The number of rotatable bonds is 1. The number of pyridine rings is 1. The molecule has 0 spiro atoms. The van der Waals surface area contributed by atoms with Gasteiger partial charge in [0.05, 0.1) is 13.2 Å². The Morgan fingerprint density at radius 3 is 2.45 bits per heavy atom. The SMILES string of the molecule is c1cc(B2OCCO2)ccn1. The molecule has 0 radical (unpaired) electrons. The second-order valence-corrected chi connectivity index (χ2v) is 2.35. The summed E-state index contributed by atoms with van der Waals surface area (Å²) in [5.41, 5.74) is 1.04. The third-order valence-electron chi connectivity index (χ3n) is 1.60. The minimum atomic E-state index is -0.169. The summed E-state index contributed by atoms with van der Waals surface area (Å²) in [6.45, 7) is 1.37. The van der Waals surface area contributed by atoms with Crippen molar-refractivity contribution in [1.82, 2.24) is 4.98 Å². The summed E-state index contributed by atoms with van der Waals surface area (Å²) in [5, 5.41) is 0. The standard InChI is InChI=1S/C7H8BNO2/c1-3-9-4-2-7(1)8-10-5-6-11-8/h1-4H,5-6H2. The highest BCUT2D eigenvalue weighted by Gasteiger charge is 2.25. The highest BCUT2D eigenvalue weighted by atomic mass is 16.6. The van der Waals surface area contributed by atoms with Crippen molar-refractivity contribution < 1.29 is 9.31 Å². The second kappa shape index (κ2) is 3.03. The fourth-order valence-corrected chi connectivity index (χ4v) is 1.07. The van der Waals surface area contributed by atoms with Crippen LogP contribution in [0.2, 0.25) is 0 Å². The molecule has 0 atom stereocenters.